The van der Waals surface area contributed by atoms with Gasteiger partial charge in [0.1, 0.15) is 11.8 Å². The van der Waals surface area contributed by atoms with E-state index in [2.05, 4.69) is 16.4 Å². The van der Waals surface area contributed by atoms with Crippen molar-refractivity contribution in [2.75, 3.05) is 19.0 Å². The Balaban J connectivity index is 2.89. The zero-order valence-corrected chi connectivity index (χ0v) is 10.7. The first-order chi connectivity index (χ1) is 8.72. The number of aryl methyl sites for hydroxylation is 1. The average molecular weight is 241 g/mol. The van der Waals surface area contributed by atoms with Gasteiger partial charge in [-0.3, -0.25) is 4.98 Å². The number of ether oxygens (including phenoxy) is 1. The molecular weight excluding hydrogens is 226 g/mol. The van der Waals surface area contributed by atoms with E-state index in [0.29, 0.717) is 5.56 Å². The topological polar surface area (TPSA) is 57.9 Å². The number of rotatable bonds is 3. The molecule has 0 fully saturated rings. The molecule has 0 spiro atoms. The van der Waals surface area contributed by atoms with Crippen LogP contribution in [0.15, 0.2) is 18.3 Å². The molecule has 2 rings (SSSR count). The van der Waals surface area contributed by atoms with Crippen LogP contribution in [-0.2, 0) is 0 Å². The summed E-state index contributed by atoms with van der Waals surface area (Å²) < 4.78 is 5.38. The number of fused-ring (bicyclic) bond motifs is 1. The van der Waals surface area contributed by atoms with Crippen LogP contribution in [0.5, 0.6) is 5.75 Å². The maximum Gasteiger partial charge on any atom is 0.130 e. The molecule has 0 saturated heterocycles. The smallest absolute Gasteiger partial charge is 0.130 e. The second-order valence-electron chi connectivity index (χ2n) is 4.00. The molecule has 18 heavy (non-hydrogen) atoms. The largest absolute Gasteiger partial charge is 0.496 e. The van der Waals surface area contributed by atoms with Crippen LogP contribution in [0.2, 0.25) is 0 Å². The van der Waals surface area contributed by atoms with Gasteiger partial charge in [-0.2, -0.15) is 5.26 Å². The molecule has 0 saturated carbocycles. The van der Waals surface area contributed by atoms with Crippen molar-refractivity contribution in [3.8, 4) is 11.8 Å². The molecule has 0 radical (unpaired) electrons. The molecule has 0 atom stereocenters. The summed E-state index contributed by atoms with van der Waals surface area (Å²) in [6.07, 6.45) is 1.60. The Kier molecular flexibility index (Phi) is 3.33. The monoisotopic (exact) mass is 241 g/mol. The molecule has 1 aromatic heterocycles. The minimum absolute atomic E-state index is 0.535. The van der Waals surface area contributed by atoms with Crippen LogP contribution in [0.4, 0.5) is 5.69 Å². The van der Waals surface area contributed by atoms with Crippen LogP contribution in [0, 0.1) is 18.3 Å². The standard InChI is InChI=1S/C14H15N3O/c1-4-16-14-10(7-15)8-17-13-9(2)5-6-11(18-3)12(13)14/h5-6,8H,4H2,1-3H3,(H,16,17). The van der Waals surface area contributed by atoms with Gasteiger partial charge in [0.25, 0.3) is 0 Å². The summed E-state index contributed by atoms with van der Waals surface area (Å²) in [7, 11) is 1.62. The van der Waals surface area contributed by atoms with Gasteiger partial charge in [0, 0.05) is 12.7 Å². The summed E-state index contributed by atoms with van der Waals surface area (Å²) in [6.45, 7) is 4.73. The number of methoxy groups -OCH3 is 1. The maximum atomic E-state index is 9.17. The Morgan fingerprint density at radius 1 is 1.44 bits per heavy atom. The number of nitrogens with zero attached hydrogens (tertiary/aromatic N) is 2. The lowest BCUT2D eigenvalue weighted by atomic mass is 10.1. The van der Waals surface area contributed by atoms with E-state index < -0.39 is 0 Å². The molecule has 0 aliphatic heterocycles. The second-order valence-corrected chi connectivity index (χ2v) is 4.00. The Bertz CT molecular complexity index is 629. The molecule has 0 aliphatic rings. The van der Waals surface area contributed by atoms with Crippen LogP contribution < -0.4 is 10.1 Å². The zero-order valence-electron chi connectivity index (χ0n) is 10.7. The molecule has 92 valence electrons. The summed E-state index contributed by atoms with van der Waals surface area (Å²) >= 11 is 0. The van der Waals surface area contributed by atoms with Gasteiger partial charge in [-0.15, -0.1) is 0 Å². The Morgan fingerprint density at radius 3 is 2.83 bits per heavy atom. The lowest BCUT2D eigenvalue weighted by molar-refractivity contribution is 0.420. The van der Waals surface area contributed by atoms with Crippen LogP contribution in [0.1, 0.15) is 18.1 Å². The van der Waals surface area contributed by atoms with Crippen LogP contribution in [0.25, 0.3) is 10.9 Å². The maximum absolute atomic E-state index is 9.17. The van der Waals surface area contributed by atoms with Gasteiger partial charge >= 0.3 is 0 Å². The van der Waals surface area contributed by atoms with Crippen molar-refractivity contribution >= 4 is 16.6 Å². The van der Waals surface area contributed by atoms with E-state index in [9.17, 15) is 0 Å². The predicted octanol–water partition coefficient (Wildman–Crippen LogP) is 2.86. The fourth-order valence-electron chi connectivity index (χ4n) is 2.03. The highest BCUT2D eigenvalue weighted by Crippen LogP contribution is 2.34. The highest BCUT2D eigenvalue weighted by molar-refractivity contribution is 6.00. The van der Waals surface area contributed by atoms with Crippen molar-refractivity contribution in [3.05, 3.63) is 29.5 Å². The van der Waals surface area contributed by atoms with Gasteiger partial charge in [-0.25, -0.2) is 0 Å². The summed E-state index contributed by atoms with van der Waals surface area (Å²) in [4.78, 5) is 4.36. The Labute approximate surface area is 106 Å². The number of anilines is 1. The molecular formula is C14H15N3O. The number of hydrogen-bond donors (Lipinski definition) is 1. The molecule has 4 nitrogen and oxygen atoms in total. The zero-order chi connectivity index (χ0) is 13.1. The van der Waals surface area contributed by atoms with Gasteiger partial charge in [-0.1, -0.05) is 6.07 Å². The minimum atomic E-state index is 0.535. The van der Waals surface area contributed by atoms with Gasteiger partial charge in [0.05, 0.1) is 29.3 Å². The Morgan fingerprint density at radius 2 is 2.22 bits per heavy atom. The third-order valence-corrected chi connectivity index (χ3v) is 2.88. The van der Waals surface area contributed by atoms with Gasteiger partial charge in [0.15, 0.2) is 0 Å². The predicted molar refractivity (Wildman–Crippen MR) is 71.9 cm³/mol. The van der Waals surface area contributed by atoms with E-state index in [1.807, 2.05) is 26.0 Å². The summed E-state index contributed by atoms with van der Waals surface area (Å²) in [5.74, 6) is 0.733. The number of pyridine rings is 1. The molecule has 1 heterocycles. The SMILES string of the molecule is CCNc1c(C#N)cnc2c(C)ccc(OC)c12. The fraction of sp³-hybridized carbons (Fsp3) is 0.286. The Hall–Kier alpha value is -2.28. The van der Waals surface area contributed by atoms with E-state index in [1.54, 1.807) is 13.3 Å². The number of hydrogen-bond acceptors (Lipinski definition) is 4. The third kappa shape index (κ3) is 1.84. The summed E-state index contributed by atoms with van der Waals surface area (Å²) in [6, 6.07) is 6.04. The van der Waals surface area contributed by atoms with Gasteiger partial charge in [-0.05, 0) is 25.5 Å². The normalized spacial score (nSPS) is 10.1. The number of aromatic nitrogens is 1. The first kappa shape index (κ1) is 12.2. The summed E-state index contributed by atoms with van der Waals surface area (Å²) in [5, 5.41) is 13.3. The molecule has 0 unspecified atom stereocenters. The molecule has 1 N–H and O–H groups in total. The minimum Gasteiger partial charge on any atom is -0.496 e. The van der Waals surface area contributed by atoms with Crippen molar-refractivity contribution in [1.29, 1.82) is 5.26 Å². The lowest BCUT2D eigenvalue weighted by Crippen LogP contribution is -2.03. The van der Waals surface area contributed by atoms with E-state index in [1.165, 1.54) is 0 Å². The first-order valence-electron chi connectivity index (χ1n) is 5.83. The quantitative estimate of drug-likeness (QED) is 0.897. The van der Waals surface area contributed by atoms with E-state index in [-0.39, 0.29) is 0 Å². The molecule has 2 aromatic rings. The fourth-order valence-corrected chi connectivity index (χ4v) is 2.03. The average Bonchev–Trinajstić information content (AvgIpc) is 2.40. The van der Waals surface area contributed by atoms with E-state index in [0.717, 1.165) is 34.4 Å². The lowest BCUT2D eigenvalue weighted by Gasteiger charge is -2.14. The highest BCUT2D eigenvalue weighted by Gasteiger charge is 2.14. The van der Waals surface area contributed by atoms with Gasteiger partial charge < -0.3 is 10.1 Å². The van der Waals surface area contributed by atoms with E-state index >= 15 is 0 Å². The van der Waals surface area contributed by atoms with Crippen molar-refractivity contribution in [1.82, 2.24) is 4.98 Å². The molecule has 0 bridgehead atoms. The summed E-state index contributed by atoms with van der Waals surface area (Å²) in [5.41, 5.74) is 3.26. The van der Waals surface area contributed by atoms with E-state index in [4.69, 9.17) is 10.00 Å². The first-order valence-corrected chi connectivity index (χ1v) is 5.83. The number of nitriles is 1. The molecule has 1 aromatic carbocycles. The number of nitrogens with one attached hydrogen (secondary N) is 1. The second kappa shape index (κ2) is 4.92. The third-order valence-electron chi connectivity index (χ3n) is 2.88. The van der Waals surface area contributed by atoms with Crippen molar-refractivity contribution < 1.29 is 4.74 Å². The number of benzene rings is 1. The van der Waals surface area contributed by atoms with Crippen molar-refractivity contribution in [2.45, 2.75) is 13.8 Å². The molecule has 0 aliphatic carbocycles. The van der Waals surface area contributed by atoms with Crippen LogP contribution >= 0.6 is 0 Å². The van der Waals surface area contributed by atoms with Crippen LogP contribution in [0.3, 0.4) is 0 Å². The van der Waals surface area contributed by atoms with Crippen LogP contribution in [-0.4, -0.2) is 18.6 Å². The van der Waals surface area contributed by atoms with Crippen molar-refractivity contribution in [3.63, 3.8) is 0 Å². The van der Waals surface area contributed by atoms with Crippen molar-refractivity contribution in [2.24, 2.45) is 0 Å². The highest BCUT2D eigenvalue weighted by atomic mass is 16.5. The molecule has 0 amide bonds. The van der Waals surface area contributed by atoms with Gasteiger partial charge in [0.2, 0.25) is 0 Å². The molecule has 4 heteroatoms.